The van der Waals surface area contributed by atoms with Crippen molar-refractivity contribution < 1.29 is 14.3 Å². The van der Waals surface area contributed by atoms with Crippen molar-refractivity contribution in [3.8, 4) is 0 Å². The third-order valence-electron chi connectivity index (χ3n) is 3.62. The van der Waals surface area contributed by atoms with Gasteiger partial charge in [-0.1, -0.05) is 11.6 Å². The average molecular weight is 178 g/mol. The number of allylic oxidation sites excluding steroid dienone is 2. The Morgan fingerprint density at radius 2 is 2.00 bits per heavy atom. The summed E-state index contributed by atoms with van der Waals surface area (Å²) in [6.07, 6.45) is 3.10. The van der Waals surface area contributed by atoms with E-state index in [1.807, 2.05) is 6.92 Å². The van der Waals surface area contributed by atoms with Gasteiger partial charge in [-0.2, -0.15) is 0 Å². The molecule has 1 saturated carbocycles. The fourth-order valence-corrected chi connectivity index (χ4v) is 3.07. The minimum absolute atomic E-state index is 0.150. The lowest BCUT2D eigenvalue weighted by Crippen LogP contribution is -2.23. The van der Waals surface area contributed by atoms with Crippen molar-refractivity contribution in [1.29, 1.82) is 0 Å². The Morgan fingerprint density at radius 3 is 2.77 bits per heavy atom. The van der Waals surface area contributed by atoms with Crippen LogP contribution in [0.1, 0.15) is 13.3 Å². The van der Waals surface area contributed by atoms with E-state index in [0.717, 1.165) is 6.42 Å². The van der Waals surface area contributed by atoms with E-state index in [1.54, 1.807) is 0 Å². The molecule has 1 saturated heterocycles. The van der Waals surface area contributed by atoms with Gasteiger partial charge < -0.3 is 4.74 Å². The molecule has 3 aliphatic rings. The molecule has 3 heteroatoms. The van der Waals surface area contributed by atoms with Crippen LogP contribution in [-0.2, 0) is 14.3 Å². The zero-order valence-electron chi connectivity index (χ0n) is 7.32. The van der Waals surface area contributed by atoms with Crippen LogP contribution in [0.4, 0.5) is 0 Å². The van der Waals surface area contributed by atoms with Crippen molar-refractivity contribution in [2.75, 3.05) is 0 Å². The summed E-state index contributed by atoms with van der Waals surface area (Å²) in [5.74, 6) is -0.340. The van der Waals surface area contributed by atoms with Crippen LogP contribution in [0.5, 0.6) is 0 Å². The van der Waals surface area contributed by atoms with Gasteiger partial charge in [-0.05, 0) is 25.2 Å². The molecule has 0 N–H and O–H groups in total. The van der Waals surface area contributed by atoms with E-state index in [9.17, 15) is 9.59 Å². The summed E-state index contributed by atoms with van der Waals surface area (Å²) < 4.78 is 4.65. The number of hydrogen-bond donors (Lipinski definition) is 0. The normalized spacial score (nSPS) is 46.4. The van der Waals surface area contributed by atoms with Gasteiger partial charge in [0.1, 0.15) is 0 Å². The second-order valence-electron chi connectivity index (χ2n) is 4.21. The Morgan fingerprint density at radius 1 is 1.31 bits per heavy atom. The molecular weight excluding hydrogens is 168 g/mol. The molecule has 4 atom stereocenters. The second-order valence-corrected chi connectivity index (χ2v) is 4.21. The first-order chi connectivity index (χ1) is 6.18. The first-order valence-corrected chi connectivity index (χ1v) is 4.62. The Balaban J connectivity index is 2.08. The number of carbonyl (C=O) groups excluding carboxylic acids is 2. The summed E-state index contributed by atoms with van der Waals surface area (Å²) in [6.45, 7) is 2.04. The summed E-state index contributed by atoms with van der Waals surface area (Å²) in [7, 11) is 0. The summed E-state index contributed by atoms with van der Waals surface area (Å²) in [5, 5.41) is 0. The maximum atomic E-state index is 11.3. The molecule has 0 amide bonds. The summed E-state index contributed by atoms with van der Waals surface area (Å²) in [5.41, 5.74) is 1.26. The summed E-state index contributed by atoms with van der Waals surface area (Å²) >= 11 is 0. The number of rotatable bonds is 0. The van der Waals surface area contributed by atoms with Crippen LogP contribution in [0, 0.1) is 23.7 Å². The van der Waals surface area contributed by atoms with Crippen LogP contribution in [0.15, 0.2) is 11.6 Å². The number of cyclic esters (lactones) is 2. The predicted octanol–water partition coefficient (Wildman–Crippen LogP) is 0.898. The summed E-state index contributed by atoms with van der Waals surface area (Å²) in [4.78, 5) is 22.6. The van der Waals surface area contributed by atoms with Crippen molar-refractivity contribution in [3.63, 3.8) is 0 Å². The van der Waals surface area contributed by atoms with E-state index in [0.29, 0.717) is 0 Å². The molecule has 3 rings (SSSR count). The summed E-state index contributed by atoms with van der Waals surface area (Å²) in [6, 6.07) is 0. The van der Waals surface area contributed by atoms with E-state index >= 15 is 0 Å². The average Bonchev–Trinajstić information content (AvgIpc) is 2.64. The molecule has 2 aliphatic carbocycles. The number of esters is 2. The molecule has 13 heavy (non-hydrogen) atoms. The highest BCUT2D eigenvalue weighted by molar-refractivity contribution is 5.98. The fraction of sp³-hybridized carbons (Fsp3) is 0.600. The highest BCUT2D eigenvalue weighted by Gasteiger charge is 2.59. The molecule has 2 bridgehead atoms. The topological polar surface area (TPSA) is 43.4 Å². The zero-order chi connectivity index (χ0) is 9.16. The standard InChI is InChI=1S/C10H10O3/c1-4-2-5-3-6(4)8-7(5)9(11)13-10(8)12/h2,5-8H,3H2,1H3. The molecular formula is C10H10O3. The lowest BCUT2D eigenvalue weighted by atomic mass is 9.82. The van der Waals surface area contributed by atoms with Gasteiger partial charge in [0.05, 0.1) is 11.8 Å². The van der Waals surface area contributed by atoms with Gasteiger partial charge in [-0.15, -0.1) is 0 Å². The first kappa shape index (κ1) is 7.30. The minimum Gasteiger partial charge on any atom is -0.393 e. The molecule has 1 aliphatic heterocycles. The predicted molar refractivity (Wildman–Crippen MR) is 43.4 cm³/mol. The molecule has 0 radical (unpaired) electrons. The van der Waals surface area contributed by atoms with E-state index in [2.05, 4.69) is 10.8 Å². The molecule has 0 spiro atoms. The Hall–Kier alpha value is -1.12. The first-order valence-electron chi connectivity index (χ1n) is 4.62. The molecule has 0 aromatic rings. The van der Waals surface area contributed by atoms with Crippen molar-refractivity contribution in [2.45, 2.75) is 13.3 Å². The Bertz CT molecular complexity index is 342. The van der Waals surface area contributed by atoms with Crippen molar-refractivity contribution in [2.24, 2.45) is 23.7 Å². The van der Waals surface area contributed by atoms with Gasteiger partial charge in [-0.3, -0.25) is 9.59 Å². The van der Waals surface area contributed by atoms with Gasteiger partial charge in [0, 0.05) is 0 Å². The molecule has 68 valence electrons. The number of fused-ring (bicyclic) bond motifs is 5. The third-order valence-corrected chi connectivity index (χ3v) is 3.62. The van der Waals surface area contributed by atoms with Gasteiger partial charge in [0.25, 0.3) is 0 Å². The lowest BCUT2D eigenvalue weighted by Gasteiger charge is -2.17. The molecule has 2 fully saturated rings. The quantitative estimate of drug-likeness (QED) is 0.314. The van der Waals surface area contributed by atoms with Gasteiger partial charge >= 0.3 is 11.9 Å². The highest BCUT2D eigenvalue weighted by Crippen LogP contribution is 2.54. The van der Waals surface area contributed by atoms with Crippen molar-refractivity contribution in [3.05, 3.63) is 11.6 Å². The number of carbonyl (C=O) groups is 2. The van der Waals surface area contributed by atoms with E-state index in [4.69, 9.17) is 0 Å². The van der Waals surface area contributed by atoms with Crippen LogP contribution in [0.25, 0.3) is 0 Å². The Labute approximate surface area is 75.8 Å². The maximum absolute atomic E-state index is 11.3. The van der Waals surface area contributed by atoms with Crippen LogP contribution in [0.3, 0.4) is 0 Å². The van der Waals surface area contributed by atoms with Gasteiger partial charge in [0.15, 0.2) is 0 Å². The molecule has 3 nitrogen and oxygen atoms in total. The Kier molecular flexibility index (Phi) is 1.14. The van der Waals surface area contributed by atoms with Crippen molar-refractivity contribution in [1.82, 2.24) is 0 Å². The van der Waals surface area contributed by atoms with Gasteiger partial charge in [0.2, 0.25) is 0 Å². The van der Waals surface area contributed by atoms with Crippen LogP contribution in [0.2, 0.25) is 0 Å². The molecule has 1 heterocycles. The maximum Gasteiger partial charge on any atom is 0.318 e. The molecule has 0 aromatic heterocycles. The molecule has 4 unspecified atom stereocenters. The van der Waals surface area contributed by atoms with Crippen molar-refractivity contribution >= 4 is 11.9 Å². The second kappa shape index (κ2) is 2.03. The highest BCUT2D eigenvalue weighted by atomic mass is 16.6. The number of hydrogen-bond acceptors (Lipinski definition) is 3. The third kappa shape index (κ3) is 0.705. The van der Waals surface area contributed by atoms with E-state index in [1.165, 1.54) is 5.57 Å². The fourth-order valence-electron chi connectivity index (χ4n) is 3.07. The van der Waals surface area contributed by atoms with Crippen LogP contribution in [-0.4, -0.2) is 11.9 Å². The SMILES string of the molecule is CC1=CC2CC1C1C(=O)OC(=O)C21. The number of ether oxygens (including phenoxy) is 1. The zero-order valence-corrected chi connectivity index (χ0v) is 7.32. The van der Waals surface area contributed by atoms with Gasteiger partial charge in [-0.25, -0.2) is 0 Å². The largest absolute Gasteiger partial charge is 0.393 e. The van der Waals surface area contributed by atoms with Crippen LogP contribution < -0.4 is 0 Å². The van der Waals surface area contributed by atoms with E-state index < -0.39 is 0 Å². The van der Waals surface area contributed by atoms with Crippen LogP contribution >= 0.6 is 0 Å². The minimum atomic E-state index is -0.300. The monoisotopic (exact) mass is 178 g/mol. The lowest BCUT2D eigenvalue weighted by molar-refractivity contribution is -0.154. The van der Waals surface area contributed by atoms with E-state index in [-0.39, 0.29) is 35.6 Å². The molecule has 0 aromatic carbocycles. The smallest absolute Gasteiger partial charge is 0.318 e.